The molecule has 11 heteroatoms. The Labute approximate surface area is 102 Å². The van der Waals surface area contributed by atoms with Crippen molar-refractivity contribution in [1.29, 1.82) is 0 Å². The fourth-order valence-electron chi connectivity index (χ4n) is 1.39. The normalized spacial score (nSPS) is 11.8. The summed E-state index contributed by atoms with van der Waals surface area (Å²) in [4.78, 5) is 14.4. The number of aromatic nitrogens is 5. The second-order valence-corrected chi connectivity index (χ2v) is 3.48. The molecule has 0 atom stereocenters. The topological polar surface area (TPSA) is 107 Å². The molecule has 0 fully saturated rings. The van der Waals surface area contributed by atoms with Gasteiger partial charge in [-0.15, -0.1) is 5.10 Å². The van der Waals surface area contributed by atoms with Crippen molar-refractivity contribution in [1.82, 2.24) is 25.1 Å². The molecule has 19 heavy (non-hydrogen) atoms. The number of nitrogens with zero attached hydrogens (tertiary/aromatic N) is 5. The lowest BCUT2D eigenvalue weighted by Gasteiger charge is -2.08. The van der Waals surface area contributed by atoms with Gasteiger partial charge >= 0.3 is 12.1 Å². The second-order valence-electron chi connectivity index (χ2n) is 3.48. The molecule has 1 N–H and O–H groups in total. The zero-order valence-corrected chi connectivity index (χ0v) is 9.34. The van der Waals surface area contributed by atoms with Crippen LogP contribution in [0.5, 0.6) is 0 Å². The second kappa shape index (κ2) is 4.33. The monoisotopic (exact) mass is 277 g/mol. The first-order chi connectivity index (χ1) is 8.79. The van der Waals surface area contributed by atoms with Gasteiger partial charge in [-0.25, -0.2) is 9.48 Å². The third-order valence-electron chi connectivity index (χ3n) is 2.07. The summed E-state index contributed by atoms with van der Waals surface area (Å²) in [5, 5.41) is 18.2. The molecule has 2 aromatic heterocycles. The number of hydrogen-bond acceptors (Lipinski definition) is 6. The number of hydrogen-bond donors (Lipinski definition) is 1. The van der Waals surface area contributed by atoms with Crippen LogP contribution in [0.2, 0.25) is 0 Å². The Morgan fingerprint density at radius 1 is 1.47 bits per heavy atom. The first kappa shape index (κ1) is 13.0. The third-order valence-corrected chi connectivity index (χ3v) is 2.07. The molecular formula is C8H6F3N5O3. The number of carboxylic acids is 1. The standard InChI is InChI=1S/C8H6F3N5O3/c1-3-12-4(14-19-3)2-16-6(8(9,10)11)5(7(17)18)13-15-16/h2H2,1H3,(H,17,18). The average molecular weight is 277 g/mol. The van der Waals surface area contributed by atoms with Gasteiger partial charge in [0.15, 0.2) is 11.5 Å². The zero-order chi connectivity index (χ0) is 14.2. The van der Waals surface area contributed by atoms with Crippen LogP contribution >= 0.6 is 0 Å². The molecule has 0 amide bonds. The third kappa shape index (κ3) is 2.53. The highest BCUT2D eigenvalue weighted by Gasteiger charge is 2.41. The van der Waals surface area contributed by atoms with Crippen LogP contribution in [0.1, 0.15) is 27.9 Å². The quantitative estimate of drug-likeness (QED) is 0.881. The van der Waals surface area contributed by atoms with Crippen LogP contribution in [0.15, 0.2) is 4.52 Å². The van der Waals surface area contributed by atoms with Gasteiger partial charge in [0.25, 0.3) is 0 Å². The number of halogens is 3. The highest BCUT2D eigenvalue weighted by molar-refractivity contribution is 5.86. The molecule has 0 radical (unpaired) electrons. The Morgan fingerprint density at radius 3 is 2.63 bits per heavy atom. The first-order valence-corrected chi connectivity index (χ1v) is 4.82. The van der Waals surface area contributed by atoms with Gasteiger partial charge < -0.3 is 9.63 Å². The van der Waals surface area contributed by atoms with E-state index in [4.69, 9.17) is 5.11 Å². The minimum absolute atomic E-state index is 0.0650. The van der Waals surface area contributed by atoms with Crippen LogP contribution in [0, 0.1) is 6.92 Å². The number of alkyl halides is 3. The number of rotatable bonds is 3. The van der Waals surface area contributed by atoms with Crippen molar-refractivity contribution in [3.8, 4) is 0 Å². The maximum atomic E-state index is 12.8. The number of aromatic carboxylic acids is 1. The molecule has 8 nitrogen and oxygen atoms in total. The molecule has 0 aliphatic rings. The van der Waals surface area contributed by atoms with E-state index in [0.717, 1.165) is 0 Å². The van der Waals surface area contributed by atoms with E-state index >= 15 is 0 Å². The molecule has 2 heterocycles. The average Bonchev–Trinajstić information content (AvgIpc) is 2.84. The van der Waals surface area contributed by atoms with Gasteiger partial charge in [-0.3, -0.25) is 0 Å². The summed E-state index contributed by atoms with van der Waals surface area (Å²) in [7, 11) is 0. The van der Waals surface area contributed by atoms with Crippen LogP contribution in [0.3, 0.4) is 0 Å². The van der Waals surface area contributed by atoms with Gasteiger partial charge in [-0.2, -0.15) is 18.2 Å². The predicted octanol–water partition coefficient (Wildman–Crippen LogP) is 0.735. The Hall–Kier alpha value is -2.46. The maximum absolute atomic E-state index is 12.8. The van der Waals surface area contributed by atoms with Gasteiger partial charge in [-0.1, -0.05) is 10.4 Å². The molecule has 0 aliphatic carbocycles. The summed E-state index contributed by atoms with van der Waals surface area (Å²) < 4.78 is 43.3. The van der Waals surface area contributed by atoms with E-state index in [9.17, 15) is 18.0 Å². The lowest BCUT2D eigenvalue weighted by Crippen LogP contribution is -2.19. The summed E-state index contributed by atoms with van der Waals surface area (Å²) in [6.45, 7) is 0.970. The van der Waals surface area contributed by atoms with Crippen LogP contribution in [-0.4, -0.2) is 36.2 Å². The van der Waals surface area contributed by atoms with E-state index in [0.29, 0.717) is 4.68 Å². The number of aryl methyl sites for hydroxylation is 1. The molecule has 102 valence electrons. The fraction of sp³-hybridized carbons (Fsp3) is 0.375. The summed E-state index contributed by atoms with van der Waals surface area (Å²) in [6.07, 6.45) is -4.91. The van der Waals surface area contributed by atoms with Crippen molar-refractivity contribution >= 4 is 5.97 Å². The van der Waals surface area contributed by atoms with Crippen LogP contribution < -0.4 is 0 Å². The van der Waals surface area contributed by atoms with Gasteiger partial charge in [0.05, 0.1) is 0 Å². The van der Waals surface area contributed by atoms with Gasteiger partial charge in [0.2, 0.25) is 11.6 Å². The molecule has 2 rings (SSSR count). The smallest absolute Gasteiger partial charge is 0.435 e. The Balaban J connectivity index is 2.43. The molecule has 0 saturated heterocycles. The summed E-state index contributed by atoms with van der Waals surface area (Å²) >= 11 is 0. The Bertz CT molecular complexity index is 617. The van der Waals surface area contributed by atoms with Crippen LogP contribution in [0.4, 0.5) is 13.2 Å². The molecule has 0 unspecified atom stereocenters. The van der Waals surface area contributed by atoms with E-state index in [1.807, 2.05) is 0 Å². The summed E-state index contributed by atoms with van der Waals surface area (Å²) in [5.41, 5.74) is -2.64. The number of carbonyl (C=O) groups is 1. The van der Waals surface area contributed by atoms with Crippen molar-refractivity contribution < 1.29 is 27.6 Å². The molecule has 0 aromatic carbocycles. The van der Waals surface area contributed by atoms with E-state index < -0.39 is 30.1 Å². The van der Waals surface area contributed by atoms with Gasteiger partial charge in [0, 0.05) is 6.92 Å². The molecule has 0 saturated carbocycles. The van der Waals surface area contributed by atoms with Crippen molar-refractivity contribution in [2.45, 2.75) is 19.6 Å². The predicted molar refractivity (Wildman–Crippen MR) is 50.1 cm³/mol. The SMILES string of the molecule is Cc1nc(Cn2nnc(C(=O)O)c2C(F)(F)F)no1. The summed E-state index contributed by atoms with van der Waals surface area (Å²) in [6, 6.07) is 0. The van der Waals surface area contributed by atoms with E-state index in [1.165, 1.54) is 6.92 Å². The van der Waals surface area contributed by atoms with E-state index in [2.05, 4.69) is 25.0 Å². The van der Waals surface area contributed by atoms with Crippen molar-refractivity contribution in [2.75, 3.05) is 0 Å². The largest absolute Gasteiger partial charge is 0.476 e. The lowest BCUT2D eigenvalue weighted by molar-refractivity contribution is -0.144. The Morgan fingerprint density at radius 2 is 2.16 bits per heavy atom. The summed E-state index contributed by atoms with van der Waals surface area (Å²) in [5.74, 6) is -1.71. The first-order valence-electron chi connectivity index (χ1n) is 4.82. The van der Waals surface area contributed by atoms with Crippen molar-refractivity contribution in [3.63, 3.8) is 0 Å². The number of carboxylic acid groups (broad SMARTS) is 1. The molecular weight excluding hydrogens is 271 g/mol. The molecule has 0 bridgehead atoms. The fourth-order valence-corrected chi connectivity index (χ4v) is 1.39. The maximum Gasteiger partial charge on any atom is 0.435 e. The lowest BCUT2D eigenvalue weighted by atomic mass is 10.3. The minimum Gasteiger partial charge on any atom is -0.476 e. The molecule has 0 spiro atoms. The van der Waals surface area contributed by atoms with E-state index in [1.54, 1.807) is 0 Å². The minimum atomic E-state index is -4.91. The van der Waals surface area contributed by atoms with Crippen molar-refractivity contribution in [3.05, 3.63) is 23.1 Å². The zero-order valence-electron chi connectivity index (χ0n) is 9.34. The highest BCUT2D eigenvalue weighted by Crippen LogP contribution is 2.31. The molecule has 2 aromatic rings. The molecule has 0 aliphatic heterocycles. The van der Waals surface area contributed by atoms with Crippen LogP contribution in [-0.2, 0) is 12.7 Å². The Kier molecular flexibility index (Phi) is 2.96. The van der Waals surface area contributed by atoms with Crippen LogP contribution in [0.25, 0.3) is 0 Å². The van der Waals surface area contributed by atoms with Gasteiger partial charge in [-0.05, 0) is 0 Å². The van der Waals surface area contributed by atoms with Crippen molar-refractivity contribution in [2.24, 2.45) is 0 Å². The van der Waals surface area contributed by atoms with E-state index in [-0.39, 0.29) is 11.7 Å². The highest BCUT2D eigenvalue weighted by atomic mass is 19.4. The van der Waals surface area contributed by atoms with Gasteiger partial charge in [0.1, 0.15) is 6.54 Å².